The molecule has 7 heteroatoms. The molecule has 3 aromatic rings. The van der Waals surface area contributed by atoms with Gasteiger partial charge in [-0.3, -0.25) is 4.79 Å². The van der Waals surface area contributed by atoms with Gasteiger partial charge >= 0.3 is 0 Å². The number of likely N-dealkylation sites (tertiary alicyclic amines) is 1. The molecule has 0 aliphatic carbocycles. The molecule has 2 heterocycles. The highest BCUT2D eigenvalue weighted by atomic mass is 79.9. The Labute approximate surface area is 190 Å². The van der Waals surface area contributed by atoms with Crippen molar-refractivity contribution in [2.45, 2.75) is 43.6 Å². The van der Waals surface area contributed by atoms with Gasteiger partial charge < -0.3 is 14.8 Å². The predicted octanol–water partition coefficient (Wildman–Crippen LogP) is 4.84. The van der Waals surface area contributed by atoms with Crippen molar-refractivity contribution in [1.29, 1.82) is 0 Å². The first-order valence-electron chi connectivity index (χ1n) is 10.8. The van der Waals surface area contributed by atoms with E-state index < -0.39 is 0 Å². The van der Waals surface area contributed by atoms with Gasteiger partial charge in [0, 0.05) is 32.1 Å². The maximum absolute atomic E-state index is 13.3. The molecule has 0 amide bonds. The Morgan fingerprint density at radius 1 is 1.19 bits per heavy atom. The summed E-state index contributed by atoms with van der Waals surface area (Å²) in [5.41, 5.74) is 3.05. The monoisotopic (exact) mass is 486 g/mol. The van der Waals surface area contributed by atoms with Gasteiger partial charge in [0.25, 0.3) is 0 Å². The fraction of sp³-hybridized carbons (Fsp3) is 0.417. The standard InChI is InChI=1S/C24H28BrFN4O/c1-17(25)23(31)12-15-29-13-10-20(11-14-29)27-24-28-21-4-2-3-5-22(21)30(24)16-18-6-8-19(26)9-7-18/h2-9,17,20H,10-16H2,1H3,(H,27,28). The summed E-state index contributed by atoms with van der Waals surface area (Å²) >= 11 is 3.35. The molecule has 1 aliphatic rings. The number of rotatable bonds is 8. The van der Waals surface area contributed by atoms with Gasteiger partial charge in [-0.25, -0.2) is 9.37 Å². The van der Waals surface area contributed by atoms with Crippen LogP contribution in [0.4, 0.5) is 10.3 Å². The average Bonchev–Trinajstić information content (AvgIpc) is 3.11. The molecular weight excluding hydrogens is 459 g/mol. The van der Waals surface area contributed by atoms with E-state index in [4.69, 9.17) is 4.98 Å². The molecule has 4 rings (SSSR count). The number of para-hydroxylation sites is 2. The number of anilines is 1. The average molecular weight is 487 g/mol. The van der Waals surface area contributed by atoms with Crippen molar-refractivity contribution in [3.05, 3.63) is 59.9 Å². The summed E-state index contributed by atoms with van der Waals surface area (Å²) in [6.07, 6.45) is 2.62. The van der Waals surface area contributed by atoms with E-state index in [1.807, 2.05) is 37.3 Å². The molecule has 164 valence electrons. The maximum Gasteiger partial charge on any atom is 0.204 e. The number of piperidine rings is 1. The first-order valence-corrected chi connectivity index (χ1v) is 11.8. The Hall–Kier alpha value is -2.25. The van der Waals surface area contributed by atoms with E-state index in [-0.39, 0.29) is 16.4 Å². The van der Waals surface area contributed by atoms with E-state index in [2.05, 4.69) is 36.8 Å². The third-order valence-corrected chi connectivity index (χ3v) is 6.46. The number of carbonyl (C=O) groups excluding carboxylic acids is 1. The van der Waals surface area contributed by atoms with Crippen molar-refractivity contribution in [2.75, 3.05) is 25.0 Å². The van der Waals surface area contributed by atoms with Gasteiger partial charge in [0.2, 0.25) is 5.95 Å². The van der Waals surface area contributed by atoms with E-state index >= 15 is 0 Å². The molecular formula is C24H28BrFN4O. The van der Waals surface area contributed by atoms with Gasteiger partial charge in [-0.15, -0.1) is 0 Å². The molecule has 1 fully saturated rings. The Kier molecular flexibility index (Phi) is 7.02. The number of hydrogen-bond donors (Lipinski definition) is 1. The number of Topliss-reactive ketones (excluding diaryl/α,β-unsaturated/α-hetero) is 1. The van der Waals surface area contributed by atoms with Crippen molar-refractivity contribution in [1.82, 2.24) is 14.5 Å². The number of benzene rings is 2. The largest absolute Gasteiger partial charge is 0.353 e. The number of ketones is 1. The number of carbonyl (C=O) groups is 1. The van der Waals surface area contributed by atoms with Crippen LogP contribution in [0.3, 0.4) is 0 Å². The Morgan fingerprint density at radius 2 is 1.90 bits per heavy atom. The smallest absolute Gasteiger partial charge is 0.204 e. The van der Waals surface area contributed by atoms with Crippen LogP contribution < -0.4 is 5.32 Å². The summed E-state index contributed by atoms with van der Waals surface area (Å²) < 4.78 is 15.5. The second-order valence-corrected chi connectivity index (χ2v) is 9.60. The number of imidazole rings is 1. The zero-order valence-corrected chi connectivity index (χ0v) is 19.3. The molecule has 1 saturated heterocycles. The topological polar surface area (TPSA) is 50.2 Å². The highest BCUT2D eigenvalue weighted by molar-refractivity contribution is 9.10. The summed E-state index contributed by atoms with van der Waals surface area (Å²) in [5.74, 6) is 0.888. The fourth-order valence-electron chi connectivity index (χ4n) is 4.07. The number of nitrogens with zero attached hydrogens (tertiary/aromatic N) is 3. The van der Waals surface area contributed by atoms with Crippen LogP contribution in [0.25, 0.3) is 11.0 Å². The Balaban J connectivity index is 1.43. The first kappa shape index (κ1) is 22.0. The van der Waals surface area contributed by atoms with Crippen molar-refractivity contribution < 1.29 is 9.18 Å². The number of nitrogens with one attached hydrogen (secondary N) is 1. The van der Waals surface area contributed by atoms with Crippen LogP contribution in [0.1, 0.15) is 31.7 Å². The van der Waals surface area contributed by atoms with Crippen LogP contribution in [0.5, 0.6) is 0 Å². The SMILES string of the molecule is CC(Br)C(=O)CCN1CCC(Nc2nc3ccccc3n2Cc2ccc(F)cc2)CC1. The predicted molar refractivity (Wildman–Crippen MR) is 126 cm³/mol. The maximum atomic E-state index is 13.3. The normalized spacial score (nSPS) is 16.5. The summed E-state index contributed by atoms with van der Waals surface area (Å²) in [6.45, 7) is 5.29. The number of fused-ring (bicyclic) bond motifs is 1. The van der Waals surface area contributed by atoms with Gasteiger partial charge in [-0.2, -0.15) is 0 Å². The molecule has 2 aromatic carbocycles. The first-order chi connectivity index (χ1) is 15.0. The zero-order valence-electron chi connectivity index (χ0n) is 17.7. The lowest BCUT2D eigenvalue weighted by Gasteiger charge is -2.32. The molecule has 1 N–H and O–H groups in total. The van der Waals surface area contributed by atoms with Gasteiger partial charge in [-0.1, -0.05) is 40.2 Å². The molecule has 1 unspecified atom stereocenters. The van der Waals surface area contributed by atoms with E-state index in [0.717, 1.165) is 55.0 Å². The molecule has 0 radical (unpaired) electrons. The van der Waals surface area contributed by atoms with Gasteiger partial charge in [0.05, 0.1) is 22.4 Å². The summed E-state index contributed by atoms with van der Waals surface area (Å²) in [6, 6.07) is 15.1. The minimum atomic E-state index is -0.225. The van der Waals surface area contributed by atoms with Crippen molar-refractivity contribution in [3.8, 4) is 0 Å². The highest BCUT2D eigenvalue weighted by Gasteiger charge is 2.22. The summed E-state index contributed by atoms with van der Waals surface area (Å²) in [5, 5.41) is 3.65. The summed E-state index contributed by atoms with van der Waals surface area (Å²) in [4.78, 5) is 19.0. The molecule has 5 nitrogen and oxygen atoms in total. The fourth-order valence-corrected chi connectivity index (χ4v) is 4.30. The lowest BCUT2D eigenvalue weighted by atomic mass is 10.0. The van der Waals surface area contributed by atoms with Crippen LogP contribution in [0, 0.1) is 5.82 Å². The molecule has 0 saturated carbocycles. The third kappa shape index (κ3) is 5.52. The van der Waals surface area contributed by atoms with Crippen LogP contribution in [-0.2, 0) is 11.3 Å². The second-order valence-electron chi connectivity index (χ2n) is 8.23. The van der Waals surface area contributed by atoms with Crippen molar-refractivity contribution >= 4 is 38.7 Å². The van der Waals surface area contributed by atoms with Gasteiger partial charge in [0.1, 0.15) is 11.6 Å². The quantitative estimate of drug-likeness (QED) is 0.462. The molecule has 1 aromatic heterocycles. The number of alkyl halides is 1. The van der Waals surface area contributed by atoms with Crippen molar-refractivity contribution in [3.63, 3.8) is 0 Å². The highest BCUT2D eigenvalue weighted by Crippen LogP contribution is 2.24. The number of hydrogen-bond acceptors (Lipinski definition) is 4. The molecule has 1 aliphatic heterocycles. The lowest BCUT2D eigenvalue weighted by Crippen LogP contribution is -2.40. The number of aromatic nitrogens is 2. The van der Waals surface area contributed by atoms with E-state index in [1.54, 1.807) is 0 Å². The van der Waals surface area contributed by atoms with E-state index in [0.29, 0.717) is 19.0 Å². The second kappa shape index (κ2) is 9.92. The summed E-state index contributed by atoms with van der Waals surface area (Å²) in [7, 11) is 0. The van der Waals surface area contributed by atoms with Crippen molar-refractivity contribution in [2.24, 2.45) is 0 Å². The number of halogens is 2. The molecule has 0 spiro atoms. The van der Waals surface area contributed by atoms with Crippen LogP contribution >= 0.6 is 15.9 Å². The zero-order chi connectivity index (χ0) is 21.8. The van der Waals surface area contributed by atoms with Gasteiger partial charge in [-0.05, 0) is 49.6 Å². The van der Waals surface area contributed by atoms with Crippen LogP contribution in [0.2, 0.25) is 0 Å². The van der Waals surface area contributed by atoms with Crippen LogP contribution in [-0.4, -0.2) is 50.7 Å². The Morgan fingerprint density at radius 3 is 2.61 bits per heavy atom. The molecule has 1 atom stereocenters. The minimum Gasteiger partial charge on any atom is -0.353 e. The van der Waals surface area contributed by atoms with Gasteiger partial charge in [0.15, 0.2) is 0 Å². The van der Waals surface area contributed by atoms with E-state index in [9.17, 15) is 9.18 Å². The minimum absolute atomic E-state index is 0.0687. The Bertz CT molecular complexity index is 1030. The van der Waals surface area contributed by atoms with Crippen LogP contribution in [0.15, 0.2) is 48.5 Å². The molecule has 0 bridgehead atoms. The third-order valence-electron chi connectivity index (χ3n) is 5.95. The lowest BCUT2D eigenvalue weighted by molar-refractivity contribution is -0.118. The van der Waals surface area contributed by atoms with E-state index in [1.165, 1.54) is 12.1 Å². The molecule has 31 heavy (non-hydrogen) atoms.